The molecule has 1 aliphatic heterocycles. The van der Waals surface area contributed by atoms with E-state index in [0.29, 0.717) is 29.2 Å². The summed E-state index contributed by atoms with van der Waals surface area (Å²) in [5.41, 5.74) is 1.39. The van der Waals surface area contributed by atoms with E-state index >= 15 is 0 Å². The molecule has 30 heavy (non-hydrogen) atoms. The maximum Gasteiger partial charge on any atom is 0.274 e. The molecule has 5 rings (SSSR count). The summed E-state index contributed by atoms with van der Waals surface area (Å²) in [4.78, 5) is 35.9. The van der Waals surface area contributed by atoms with Gasteiger partial charge in [0.25, 0.3) is 10.8 Å². The number of likely N-dealkylation sites (tertiary alicyclic amines) is 1. The topological polar surface area (TPSA) is 77.3 Å². The van der Waals surface area contributed by atoms with Gasteiger partial charge in [0.15, 0.2) is 0 Å². The molecule has 1 saturated heterocycles. The number of nitrogens with zero attached hydrogens (tertiary/aromatic N) is 4. The van der Waals surface area contributed by atoms with Crippen molar-refractivity contribution in [3.8, 4) is 5.19 Å². The molecule has 1 fully saturated rings. The molecule has 1 aliphatic rings. The predicted molar refractivity (Wildman–Crippen MR) is 116 cm³/mol. The van der Waals surface area contributed by atoms with Crippen molar-refractivity contribution in [3.63, 3.8) is 0 Å². The SMILES string of the molecule is O=C(Cn1cnc2ccccc2c1=O)N1CCC(Oc2nc3ccccc3s2)CC1. The van der Waals surface area contributed by atoms with Gasteiger partial charge in [-0.2, -0.15) is 0 Å². The Morgan fingerprint density at radius 2 is 1.80 bits per heavy atom. The first-order valence-electron chi connectivity index (χ1n) is 9.91. The van der Waals surface area contributed by atoms with Crippen molar-refractivity contribution >= 4 is 38.4 Å². The Bertz CT molecular complexity index is 1240. The van der Waals surface area contributed by atoms with Gasteiger partial charge in [-0.25, -0.2) is 9.97 Å². The molecular weight excluding hydrogens is 400 g/mol. The van der Waals surface area contributed by atoms with Gasteiger partial charge in [-0.1, -0.05) is 35.6 Å². The molecule has 4 aromatic rings. The van der Waals surface area contributed by atoms with Crippen LogP contribution in [0.5, 0.6) is 5.19 Å². The smallest absolute Gasteiger partial charge is 0.274 e. The number of rotatable bonds is 4. The Morgan fingerprint density at radius 3 is 2.60 bits per heavy atom. The van der Waals surface area contributed by atoms with Crippen LogP contribution in [0.15, 0.2) is 59.7 Å². The summed E-state index contributed by atoms with van der Waals surface area (Å²) in [6.45, 7) is 1.20. The van der Waals surface area contributed by atoms with E-state index in [2.05, 4.69) is 9.97 Å². The molecule has 1 amide bonds. The summed E-state index contributed by atoms with van der Waals surface area (Å²) in [6.07, 6.45) is 2.98. The number of hydrogen-bond donors (Lipinski definition) is 0. The van der Waals surface area contributed by atoms with Gasteiger partial charge in [0.1, 0.15) is 12.6 Å². The second-order valence-corrected chi connectivity index (χ2v) is 8.33. The quantitative estimate of drug-likeness (QED) is 0.507. The molecule has 8 heteroatoms. The predicted octanol–water partition coefficient (Wildman–Crippen LogP) is 3.08. The molecule has 152 valence electrons. The first kappa shape index (κ1) is 18.7. The number of hydrogen-bond acceptors (Lipinski definition) is 6. The molecule has 0 saturated carbocycles. The minimum atomic E-state index is -0.192. The Labute approximate surface area is 176 Å². The van der Waals surface area contributed by atoms with E-state index in [1.807, 2.05) is 30.3 Å². The van der Waals surface area contributed by atoms with Crippen LogP contribution in [0.1, 0.15) is 12.8 Å². The summed E-state index contributed by atoms with van der Waals surface area (Å²) < 4.78 is 8.55. The molecule has 2 aromatic carbocycles. The summed E-state index contributed by atoms with van der Waals surface area (Å²) in [7, 11) is 0. The second kappa shape index (κ2) is 7.87. The van der Waals surface area contributed by atoms with Gasteiger partial charge in [0.05, 0.1) is 27.4 Å². The summed E-state index contributed by atoms with van der Waals surface area (Å²) >= 11 is 1.54. The van der Waals surface area contributed by atoms with Crippen molar-refractivity contribution < 1.29 is 9.53 Å². The van der Waals surface area contributed by atoms with Crippen LogP contribution in [-0.4, -0.2) is 44.5 Å². The van der Waals surface area contributed by atoms with Gasteiger partial charge in [0.2, 0.25) is 5.91 Å². The van der Waals surface area contributed by atoms with E-state index in [-0.39, 0.29) is 24.1 Å². The molecule has 0 N–H and O–H groups in total. The Kier molecular flexibility index (Phi) is 4.92. The Hall–Kier alpha value is -3.26. The highest BCUT2D eigenvalue weighted by Crippen LogP contribution is 2.29. The van der Waals surface area contributed by atoms with Crippen LogP contribution in [-0.2, 0) is 11.3 Å². The fraction of sp³-hybridized carbons (Fsp3) is 0.273. The van der Waals surface area contributed by atoms with Crippen molar-refractivity contribution in [2.24, 2.45) is 0 Å². The first-order chi connectivity index (χ1) is 14.7. The van der Waals surface area contributed by atoms with Crippen molar-refractivity contribution in [3.05, 3.63) is 65.2 Å². The number of fused-ring (bicyclic) bond motifs is 2. The van der Waals surface area contributed by atoms with Crippen LogP contribution in [0.3, 0.4) is 0 Å². The summed E-state index contributed by atoms with van der Waals surface area (Å²) in [5, 5.41) is 1.20. The average Bonchev–Trinajstić information content (AvgIpc) is 3.18. The zero-order chi connectivity index (χ0) is 20.5. The van der Waals surface area contributed by atoms with E-state index in [1.165, 1.54) is 10.9 Å². The van der Waals surface area contributed by atoms with E-state index in [0.717, 1.165) is 23.1 Å². The minimum absolute atomic E-state index is 0.0000606. The van der Waals surface area contributed by atoms with Crippen LogP contribution < -0.4 is 10.3 Å². The normalized spacial score (nSPS) is 15.0. The van der Waals surface area contributed by atoms with Crippen LogP contribution in [0, 0.1) is 0 Å². The fourth-order valence-electron chi connectivity index (χ4n) is 3.73. The third-order valence-electron chi connectivity index (χ3n) is 5.37. The van der Waals surface area contributed by atoms with Crippen LogP contribution in [0.2, 0.25) is 0 Å². The number of thiazole rings is 1. The van der Waals surface area contributed by atoms with E-state index in [9.17, 15) is 9.59 Å². The van der Waals surface area contributed by atoms with Crippen LogP contribution in [0.4, 0.5) is 0 Å². The lowest BCUT2D eigenvalue weighted by atomic mass is 10.1. The molecule has 0 atom stereocenters. The summed E-state index contributed by atoms with van der Waals surface area (Å²) in [6, 6.07) is 15.1. The van der Waals surface area contributed by atoms with Crippen molar-refractivity contribution in [2.45, 2.75) is 25.5 Å². The molecule has 0 unspecified atom stereocenters. The zero-order valence-electron chi connectivity index (χ0n) is 16.2. The Balaban J connectivity index is 1.20. The molecule has 0 aliphatic carbocycles. The molecule has 0 radical (unpaired) electrons. The fourth-order valence-corrected chi connectivity index (χ4v) is 4.61. The van der Waals surface area contributed by atoms with Crippen LogP contribution in [0.25, 0.3) is 21.1 Å². The van der Waals surface area contributed by atoms with E-state index in [4.69, 9.17) is 4.74 Å². The lowest BCUT2D eigenvalue weighted by molar-refractivity contribution is -0.133. The van der Waals surface area contributed by atoms with Gasteiger partial charge in [-0.3, -0.25) is 14.2 Å². The molecule has 0 bridgehead atoms. The number of amides is 1. The van der Waals surface area contributed by atoms with Gasteiger partial charge >= 0.3 is 0 Å². The monoisotopic (exact) mass is 420 g/mol. The highest BCUT2D eigenvalue weighted by molar-refractivity contribution is 7.20. The number of para-hydroxylation sites is 2. The maximum absolute atomic E-state index is 12.7. The number of carbonyl (C=O) groups is 1. The lowest BCUT2D eigenvalue weighted by Gasteiger charge is -2.31. The number of piperidine rings is 1. The first-order valence-corrected chi connectivity index (χ1v) is 10.7. The average molecular weight is 420 g/mol. The zero-order valence-corrected chi connectivity index (χ0v) is 17.0. The van der Waals surface area contributed by atoms with Crippen LogP contribution >= 0.6 is 11.3 Å². The third-order valence-corrected chi connectivity index (χ3v) is 6.30. The van der Waals surface area contributed by atoms with E-state index in [1.54, 1.807) is 34.4 Å². The van der Waals surface area contributed by atoms with Gasteiger partial charge < -0.3 is 9.64 Å². The van der Waals surface area contributed by atoms with Crippen molar-refractivity contribution in [1.29, 1.82) is 0 Å². The number of ether oxygens (including phenoxy) is 1. The number of aromatic nitrogens is 3. The minimum Gasteiger partial charge on any atom is -0.467 e. The lowest BCUT2D eigenvalue weighted by Crippen LogP contribution is -2.44. The van der Waals surface area contributed by atoms with Crippen molar-refractivity contribution in [2.75, 3.05) is 13.1 Å². The molecule has 0 spiro atoms. The largest absolute Gasteiger partial charge is 0.467 e. The third kappa shape index (κ3) is 3.66. The van der Waals surface area contributed by atoms with Gasteiger partial charge in [-0.15, -0.1) is 0 Å². The number of benzene rings is 2. The highest BCUT2D eigenvalue weighted by atomic mass is 32.1. The van der Waals surface area contributed by atoms with Gasteiger partial charge in [0, 0.05) is 25.9 Å². The molecule has 3 heterocycles. The maximum atomic E-state index is 12.7. The van der Waals surface area contributed by atoms with Gasteiger partial charge in [-0.05, 0) is 24.3 Å². The Morgan fingerprint density at radius 1 is 1.07 bits per heavy atom. The second-order valence-electron chi connectivity index (χ2n) is 7.34. The standard InChI is InChI=1S/C22H20N4O3S/c27-20(13-26-14-23-17-6-2-1-5-16(17)21(26)28)25-11-9-15(10-12-25)29-22-24-18-7-3-4-8-19(18)30-22/h1-8,14-15H,9-13H2. The molecular formula is C22H20N4O3S. The molecule has 7 nitrogen and oxygen atoms in total. The summed E-state index contributed by atoms with van der Waals surface area (Å²) in [5.74, 6) is -0.0763. The highest BCUT2D eigenvalue weighted by Gasteiger charge is 2.25. The van der Waals surface area contributed by atoms with E-state index < -0.39 is 0 Å². The number of carbonyl (C=O) groups excluding carboxylic acids is 1. The van der Waals surface area contributed by atoms with Crippen molar-refractivity contribution in [1.82, 2.24) is 19.4 Å². The molecule has 2 aromatic heterocycles.